The third-order valence-electron chi connectivity index (χ3n) is 7.42. The van der Waals surface area contributed by atoms with Crippen molar-refractivity contribution < 1.29 is 27.1 Å². The highest BCUT2D eigenvalue weighted by Gasteiger charge is 2.31. The molecule has 0 bridgehead atoms. The zero-order valence-electron chi connectivity index (χ0n) is 21.3. The third-order valence-corrected chi connectivity index (χ3v) is 7.42. The number of esters is 1. The first-order valence-corrected chi connectivity index (χ1v) is 13.1. The summed E-state index contributed by atoms with van der Waals surface area (Å²) in [4.78, 5) is 12.7. The van der Waals surface area contributed by atoms with Crippen LogP contribution in [0.3, 0.4) is 0 Å². The number of halogens is 4. The molecule has 0 atom stereocenters. The molecular weight excluding hydrogens is 480 g/mol. The SMILES string of the molecule is CCCCc1ccc(OC(=O)C2CCC(c3ccc(-c4ccc(CC)cc4)c(F)c3F)CC2)c(F)c1F. The Balaban J connectivity index is 1.40. The first-order chi connectivity index (χ1) is 17.8. The van der Waals surface area contributed by atoms with Crippen molar-refractivity contribution in [2.45, 2.75) is 71.1 Å². The van der Waals surface area contributed by atoms with Crippen LogP contribution in [0.5, 0.6) is 5.75 Å². The number of rotatable bonds is 8. The van der Waals surface area contributed by atoms with Crippen molar-refractivity contribution in [3.05, 3.63) is 88.5 Å². The number of aryl methyl sites for hydroxylation is 2. The van der Waals surface area contributed by atoms with E-state index in [1.165, 1.54) is 12.1 Å². The van der Waals surface area contributed by atoms with Gasteiger partial charge in [-0.3, -0.25) is 4.79 Å². The monoisotopic (exact) mass is 512 g/mol. The van der Waals surface area contributed by atoms with Gasteiger partial charge in [-0.15, -0.1) is 0 Å². The van der Waals surface area contributed by atoms with Crippen molar-refractivity contribution in [1.29, 1.82) is 0 Å². The lowest BCUT2D eigenvalue weighted by molar-refractivity contribution is -0.140. The highest BCUT2D eigenvalue weighted by Crippen LogP contribution is 2.39. The standard InChI is InChI=1S/C31H32F4O2/c1-3-5-6-22-15-18-26(30(35)27(22)32)37-31(36)23-13-11-21(12-14-23)25-17-16-24(28(33)29(25)34)20-9-7-19(4-2)8-10-20/h7-10,15-18,21,23H,3-6,11-14H2,1-2H3. The lowest BCUT2D eigenvalue weighted by Crippen LogP contribution is -2.26. The van der Waals surface area contributed by atoms with Gasteiger partial charge in [0.25, 0.3) is 0 Å². The third kappa shape index (κ3) is 5.89. The molecule has 0 aliphatic heterocycles. The molecule has 2 nitrogen and oxygen atoms in total. The van der Waals surface area contributed by atoms with E-state index in [1.807, 2.05) is 26.0 Å². The summed E-state index contributed by atoms with van der Waals surface area (Å²) in [5, 5.41) is 0. The zero-order valence-corrected chi connectivity index (χ0v) is 21.3. The summed E-state index contributed by atoms with van der Waals surface area (Å²) in [6, 6.07) is 13.4. The molecule has 0 aromatic heterocycles. The van der Waals surface area contributed by atoms with Crippen LogP contribution in [0.2, 0.25) is 0 Å². The molecule has 196 valence electrons. The molecule has 1 fully saturated rings. The Labute approximate surface area is 215 Å². The zero-order chi connectivity index (χ0) is 26.5. The van der Waals surface area contributed by atoms with E-state index in [4.69, 9.17) is 4.74 Å². The summed E-state index contributed by atoms with van der Waals surface area (Å²) in [5.41, 5.74) is 2.52. The molecule has 4 rings (SSSR count). The minimum atomic E-state index is -1.15. The molecule has 0 saturated heterocycles. The average Bonchev–Trinajstić information content (AvgIpc) is 2.92. The van der Waals surface area contributed by atoms with Crippen molar-refractivity contribution in [2.75, 3.05) is 0 Å². The van der Waals surface area contributed by atoms with E-state index in [0.717, 1.165) is 24.8 Å². The normalized spacial score (nSPS) is 17.6. The van der Waals surface area contributed by atoms with Gasteiger partial charge < -0.3 is 4.74 Å². The number of carbonyl (C=O) groups is 1. The highest BCUT2D eigenvalue weighted by molar-refractivity contribution is 5.75. The van der Waals surface area contributed by atoms with Gasteiger partial charge in [-0.2, -0.15) is 4.39 Å². The van der Waals surface area contributed by atoms with Gasteiger partial charge in [0.15, 0.2) is 23.2 Å². The van der Waals surface area contributed by atoms with Gasteiger partial charge in [-0.1, -0.05) is 62.7 Å². The van der Waals surface area contributed by atoms with E-state index in [-0.39, 0.29) is 17.0 Å². The molecule has 0 unspecified atom stereocenters. The molecule has 1 aliphatic carbocycles. The number of ether oxygens (including phenoxy) is 1. The first-order valence-electron chi connectivity index (χ1n) is 13.1. The molecule has 0 spiro atoms. The van der Waals surface area contributed by atoms with Crippen LogP contribution in [-0.2, 0) is 17.6 Å². The molecule has 6 heteroatoms. The van der Waals surface area contributed by atoms with Crippen molar-refractivity contribution in [2.24, 2.45) is 5.92 Å². The van der Waals surface area contributed by atoms with Crippen LogP contribution in [0.15, 0.2) is 48.5 Å². The van der Waals surface area contributed by atoms with Gasteiger partial charge in [0.1, 0.15) is 0 Å². The van der Waals surface area contributed by atoms with E-state index < -0.39 is 40.9 Å². The fraction of sp³-hybridized carbons (Fsp3) is 0.387. The summed E-state index contributed by atoms with van der Waals surface area (Å²) >= 11 is 0. The van der Waals surface area contributed by atoms with Crippen molar-refractivity contribution in [3.8, 4) is 16.9 Å². The molecular formula is C31H32F4O2. The molecule has 3 aromatic rings. The van der Waals surface area contributed by atoms with Crippen LogP contribution >= 0.6 is 0 Å². The molecule has 1 saturated carbocycles. The molecule has 3 aromatic carbocycles. The highest BCUT2D eigenvalue weighted by atomic mass is 19.2. The summed E-state index contributed by atoms with van der Waals surface area (Å²) in [6.45, 7) is 3.99. The van der Waals surface area contributed by atoms with Crippen LogP contribution in [0, 0.1) is 29.2 Å². The second-order valence-electron chi connectivity index (χ2n) is 9.80. The van der Waals surface area contributed by atoms with Gasteiger partial charge in [0.05, 0.1) is 5.92 Å². The van der Waals surface area contributed by atoms with E-state index in [0.29, 0.717) is 43.2 Å². The Hall–Kier alpha value is -3.15. The van der Waals surface area contributed by atoms with Crippen LogP contribution in [0.25, 0.3) is 11.1 Å². The topological polar surface area (TPSA) is 26.3 Å². The predicted octanol–water partition coefficient (Wildman–Crippen LogP) is 8.69. The Morgan fingerprint density at radius 2 is 1.51 bits per heavy atom. The van der Waals surface area contributed by atoms with Gasteiger partial charge in [0, 0.05) is 5.56 Å². The number of benzene rings is 3. The van der Waals surface area contributed by atoms with Crippen molar-refractivity contribution >= 4 is 5.97 Å². The molecule has 1 aliphatic rings. The number of hydrogen-bond acceptors (Lipinski definition) is 2. The maximum Gasteiger partial charge on any atom is 0.314 e. The predicted molar refractivity (Wildman–Crippen MR) is 136 cm³/mol. The smallest absolute Gasteiger partial charge is 0.314 e. The second kappa shape index (κ2) is 11.9. The van der Waals surface area contributed by atoms with Crippen molar-refractivity contribution in [1.82, 2.24) is 0 Å². The largest absolute Gasteiger partial charge is 0.423 e. The molecule has 0 N–H and O–H groups in total. The minimum Gasteiger partial charge on any atom is -0.423 e. The van der Waals surface area contributed by atoms with Crippen LogP contribution in [-0.4, -0.2) is 5.97 Å². The summed E-state index contributed by atoms with van der Waals surface area (Å²) in [6.07, 6.45) is 4.59. The minimum absolute atomic E-state index is 0.219. The Bertz CT molecular complexity index is 1250. The maximum absolute atomic E-state index is 15.1. The van der Waals surface area contributed by atoms with E-state index in [1.54, 1.807) is 24.3 Å². The van der Waals surface area contributed by atoms with Crippen molar-refractivity contribution in [3.63, 3.8) is 0 Å². The van der Waals surface area contributed by atoms with Gasteiger partial charge >= 0.3 is 5.97 Å². The fourth-order valence-corrected chi connectivity index (χ4v) is 5.07. The fourth-order valence-electron chi connectivity index (χ4n) is 5.07. The van der Waals surface area contributed by atoms with E-state index in [9.17, 15) is 18.0 Å². The first kappa shape index (κ1) is 26.9. The molecule has 37 heavy (non-hydrogen) atoms. The maximum atomic E-state index is 15.1. The summed E-state index contributed by atoms with van der Waals surface area (Å²) in [7, 11) is 0. The number of unbranched alkanes of at least 4 members (excludes halogenated alkanes) is 1. The molecule has 0 amide bonds. The lowest BCUT2D eigenvalue weighted by atomic mass is 9.78. The molecule has 0 radical (unpaired) electrons. The van der Waals surface area contributed by atoms with Gasteiger partial charge in [-0.25, -0.2) is 13.2 Å². The summed E-state index contributed by atoms with van der Waals surface area (Å²) in [5.74, 6) is -5.66. The van der Waals surface area contributed by atoms with Gasteiger partial charge in [0.2, 0.25) is 5.82 Å². The Morgan fingerprint density at radius 1 is 0.811 bits per heavy atom. The molecule has 0 heterocycles. The lowest BCUT2D eigenvalue weighted by Gasteiger charge is -2.28. The van der Waals surface area contributed by atoms with Crippen LogP contribution in [0.1, 0.15) is 75.0 Å². The second-order valence-corrected chi connectivity index (χ2v) is 9.80. The Kier molecular flexibility index (Phi) is 8.67. The van der Waals surface area contributed by atoms with E-state index >= 15 is 4.39 Å². The number of hydrogen-bond donors (Lipinski definition) is 0. The van der Waals surface area contributed by atoms with E-state index in [2.05, 4.69) is 0 Å². The average molecular weight is 513 g/mol. The Morgan fingerprint density at radius 3 is 2.16 bits per heavy atom. The van der Waals surface area contributed by atoms with Gasteiger partial charge in [-0.05, 0) is 79.2 Å². The number of carbonyl (C=O) groups excluding carboxylic acids is 1. The summed E-state index contributed by atoms with van der Waals surface area (Å²) < 4.78 is 64.0. The van der Waals surface area contributed by atoms with Crippen LogP contribution in [0.4, 0.5) is 17.6 Å². The quantitative estimate of drug-likeness (QED) is 0.171. The van der Waals surface area contributed by atoms with Crippen LogP contribution < -0.4 is 4.74 Å².